The largest absolute Gasteiger partial charge is 0.390 e. The summed E-state index contributed by atoms with van der Waals surface area (Å²) in [6.07, 6.45) is 11.9. The van der Waals surface area contributed by atoms with Gasteiger partial charge in [-0.1, -0.05) is 30.2 Å². The highest BCUT2D eigenvalue weighted by Crippen LogP contribution is 2.50. The summed E-state index contributed by atoms with van der Waals surface area (Å²) in [5.74, 6) is 2.59. The number of allylic oxidation sites excluding steroid dienone is 4. The third-order valence-corrected chi connectivity index (χ3v) is 5.97. The van der Waals surface area contributed by atoms with E-state index in [2.05, 4.69) is 46.8 Å². The SMILES string of the molecule is CC(C)=CCCC(C)C1CCC(C)(O)C2CCC(C)=CC12. The van der Waals surface area contributed by atoms with E-state index in [-0.39, 0.29) is 0 Å². The van der Waals surface area contributed by atoms with Crippen LogP contribution in [0.1, 0.15) is 73.1 Å². The zero-order valence-electron chi connectivity index (χ0n) is 14.7. The van der Waals surface area contributed by atoms with E-state index < -0.39 is 5.60 Å². The molecule has 0 heterocycles. The maximum absolute atomic E-state index is 10.8. The van der Waals surface area contributed by atoms with Gasteiger partial charge >= 0.3 is 0 Å². The summed E-state index contributed by atoms with van der Waals surface area (Å²) < 4.78 is 0. The highest BCUT2D eigenvalue weighted by Gasteiger charge is 2.46. The van der Waals surface area contributed by atoms with Gasteiger partial charge in [0.1, 0.15) is 0 Å². The second-order valence-corrected chi connectivity index (χ2v) is 8.13. The maximum Gasteiger partial charge on any atom is 0.0653 e. The summed E-state index contributed by atoms with van der Waals surface area (Å²) in [6.45, 7) is 11.1. The van der Waals surface area contributed by atoms with E-state index in [9.17, 15) is 5.11 Å². The summed E-state index contributed by atoms with van der Waals surface area (Å²) in [5, 5.41) is 10.8. The molecule has 120 valence electrons. The number of hydrogen-bond acceptors (Lipinski definition) is 1. The van der Waals surface area contributed by atoms with Gasteiger partial charge in [0.05, 0.1) is 5.60 Å². The average molecular weight is 290 g/mol. The molecule has 21 heavy (non-hydrogen) atoms. The minimum Gasteiger partial charge on any atom is -0.390 e. The van der Waals surface area contributed by atoms with Gasteiger partial charge < -0.3 is 5.11 Å². The second-order valence-electron chi connectivity index (χ2n) is 8.13. The molecule has 0 spiro atoms. The Morgan fingerprint density at radius 1 is 1.43 bits per heavy atom. The predicted octanol–water partition coefficient (Wildman–Crippen LogP) is 5.50. The van der Waals surface area contributed by atoms with Gasteiger partial charge in [-0.3, -0.25) is 0 Å². The molecule has 0 aromatic rings. The van der Waals surface area contributed by atoms with Crippen LogP contribution in [-0.2, 0) is 0 Å². The standard InChI is InChI=1S/C20H34O/c1-14(2)7-6-8-16(4)17-11-12-20(5,21)19-10-9-15(3)13-18(17)19/h7,13,16-19,21H,6,8-12H2,1-5H3. The molecule has 5 unspecified atom stereocenters. The zero-order valence-corrected chi connectivity index (χ0v) is 14.7. The molecule has 2 aliphatic carbocycles. The Kier molecular flexibility index (Phi) is 5.35. The molecule has 5 atom stereocenters. The van der Waals surface area contributed by atoms with Gasteiger partial charge in [-0.05, 0) is 89.9 Å². The van der Waals surface area contributed by atoms with Crippen molar-refractivity contribution in [2.75, 3.05) is 0 Å². The molecule has 0 saturated heterocycles. The lowest BCUT2D eigenvalue weighted by Crippen LogP contribution is -2.48. The molecule has 0 aromatic heterocycles. The Bertz CT molecular complexity index is 412. The predicted molar refractivity (Wildman–Crippen MR) is 91.1 cm³/mol. The van der Waals surface area contributed by atoms with E-state index >= 15 is 0 Å². The lowest BCUT2D eigenvalue weighted by molar-refractivity contribution is -0.0823. The molecule has 1 heteroatoms. The maximum atomic E-state index is 10.8. The number of rotatable bonds is 4. The smallest absolute Gasteiger partial charge is 0.0653 e. The van der Waals surface area contributed by atoms with Gasteiger partial charge in [0, 0.05) is 0 Å². The Labute approximate surface area is 131 Å². The van der Waals surface area contributed by atoms with Crippen LogP contribution in [0.2, 0.25) is 0 Å². The monoisotopic (exact) mass is 290 g/mol. The number of hydrogen-bond donors (Lipinski definition) is 1. The fourth-order valence-corrected chi connectivity index (χ4v) is 4.60. The molecule has 0 aliphatic heterocycles. The van der Waals surface area contributed by atoms with E-state index in [4.69, 9.17) is 0 Å². The van der Waals surface area contributed by atoms with Crippen LogP contribution in [0.3, 0.4) is 0 Å². The van der Waals surface area contributed by atoms with Crippen LogP contribution in [0.25, 0.3) is 0 Å². The van der Waals surface area contributed by atoms with Crippen molar-refractivity contribution in [3.05, 3.63) is 23.3 Å². The van der Waals surface area contributed by atoms with Gasteiger partial charge in [-0.25, -0.2) is 0 Å². The van der Waals surface area contributed by atoms with Crippen molar-refractivity contribution in [1.82, 2.24) is 0 Å². The first-order valence-electron chi connectivity index (χ1n) is 8.84. The first-order valence-corrected chi connectivity index (χ1v) is 8.84. The Morgan fingerprint density at radius 2 is 2.14 bits per heavy atom. The van der Waals surface area contributed by atoms with Crippen LogP contribution in [-0.4, -0.2) is 10.7 Å². The molecule has 0 aromatic carbocycles. The molecule has 1 nitrogen and oxygen atoms in total. The summed E-state index contributed by atoms with van der Waals surface area (Å²) in [5.41, 5.74) is 2.52. The van der Waals surface area contributed by atoms with Crippen molar-refractivity contribution < 1.29 is 5.11 Å². The Morgan fingerprint density at radius 3 is 2.81 bits per heavy atom. The normalized spacial score (nSPS) is 37.4. The van der Waals surface area contributed by atoms with Crippen molar-refractivity contribution in [2.45, 2.75) is 78.7 Å². The van der Waals surface area contributed by atoms with E-state index in [1.165, 1.54) is 43.3 Å². The van der Waals surface area contributed by atoms with Gasteiger partial charge in [0.2, 0.25) is 0 Å². The van der Waals surface area contributed by atoms with Crippen molar-refractivity contribution in [3.63, 3.8) is 0 Å². The third-order valence-electron chi connectivity index (χ3n) is 5.97. The molecular weight excluding hydrogens is 256 g/mol. The van der Waals surface area contributed by atoms with Crippen LogP contribution in [0.5, 0.6) is 0 Å². The van der Waals surface area contributed by atoms with E-state index in [0.717, 1.165) is 18.3 Å². The highest BCUT2D eigenvalue weighted by molar-refractivity contribution is 5.13. The van der Waals surface area contributed by atoms with Crippen LogP contribution < -0.4 is 0 Å². The van der Waals surface area contributed by atoms with Crippen molar-refractivity contribution in [2.24, 2.45) is 23.7 Å². The van der Waals surface area contributed by atoms with Crippen molar-refractivity contribution >= 4 is 0 Å². The molecule has 1 N–H and O–H groups in total. The molecule has 1 fully saturated rings. The first-order chi connectivity index (χ1) is 9.81. The second kappa shape index (κ2) is 6.69. The molecular formula is C20H34O. The topological polar surface area (TPSA) is 20.2 Å². The van der Waals surface area contributed by atoms with Gasteiger partial charge in [-0.15, -0.1) is 0 Å². The highest BCUT2D eigenvalue weighted by atomic mass is 16.3. The fourth-order valence-electron chi connectivity index (χ4n) is 4.60. The van der Waals surface area contributed by atoms with Crippen molar-refractivity contribution in [1.29, 1.82) is 0 Å². The summed E-state index contributed by atoms with van der Waals surface area (Å²) >= 11 is 0. The summed E-state index contributed by atoms with van der Waals surface area (Å²) in [7, 11) is 0. The molecule has 0 amide bonds. The van der Waals surface area contributed by atoms with Gasteiger partial charge in [0.15, 0.2) is 0 Å². The van der Waals surface area contributed by atoms with Crippen LogP contribution in [0.4, 0.5) is 0 Å². The first kappa shape index (κ1) is 16.8. The Balaban J connectivity index is 2.08. The van der Waals surface area contributed by atoms with Gasteiger partial charge in [0.25, 0.3) is 0 Å². The van der Waals surface area contributed by atoms with Crippen molar-refractivity contribution in [3.8, 4) is 0 Å². The minimum atomic E-state index is -0.446. The van der Waals surface area contributed by atoms with E-state index in [1.807, 2.05) is 0 Å². The lowest BCUT2D eigenvalue weighted by Gasteiger charge is -2.50. The summed E-state index contributed by atoms with van der Waals surface area (Å²) in [6, 6.07) is 0. The fraction of sp³-hybridized carbons (Fsp3) is 0.800. The van der Waals surface area contributed by atoms with E-state index in [0.29, 0.717) is 11.8 Å². The average Bonchev–Trinajstić information content (AvgIpc) is 2.37. The zero-order chi connectivity index (χ0) is 15.6. The quantitative estimate of drug-likeness (QED) is 0.678. The Hall–Kier alpha value is -0.560. The molecule has 0 radical (unpaired) electrons. The minimum absolute atomic E-state index is 0.446. The third kappa shape index (κ3) is 4.00. The van der Waals surface area contributed by atoms with Crippen LogP contribution >= 0.6 is 0 Å². The lowest BCUT2D eigenvalue weighted by atomic mass is 9.58. The molecule has 2 aliphatic rings. The van der Waals surface area contributed by atoms with Crippen LogP contribution in [0.15, 0.2) is 23.3 Å². The molecule has 2 rings (SSSR count). The summed E-state index contributed by atoms with van der Waals surface area (Å²) in [4.78, 5) is 0. The molecule has 0 bridgehead atoms. The number of aliphatic hydroxyl groups is 1. The van der Waals surface area contributed by atoms with Gasteiger partial charge in [-0.2, -0.15) is 0 Å². The molecule has 1 saturated carbocycles. The van der Waals surface area contributed by atoms with E-state index in [1.54, 1.807) is 0 Å². The van der Waals surface area contributed by atoms with Crippen LogP contribution in [0, 0.1) is 23.7 Å². The number of fused-ring (bicyclic) bond motifs is 1.